The summed E-state index contributed by atoms with van der Waals surface area (Å²) in [4.78, 5) is 4.23. The minimum absolute atomic E-state index is 0.194. The van der Waals surface area contributed by atoms with Gasteiger partial charge in [0, 0.05) is 5.02 Å². The highest BCUT2D eigenvalue weighted by atomic mass is 35.5. The number of halogens is 1. The number of hydrogen-bond acceptors (Lipinski definition) is 4. The summed E-state index contributed by atoms with van der Waals surface area (Å²) in [5.41, 5.74) is 2.00. The van der Waals surface area contributed by atoms with Crippen molar-refractivity contribution in [3.8, 4) is 5.75 Å². The smallest absolute Gasteiger partial charge is 0.147 e. The standard InChI is InChI=1S/C17H24ClN3O2/c1-10(2)15-7-16(18)11(3)6-17(15)23-9-14(22)8-21-13(5)19-12(4)20-21/h6-7,10,14,22H,8-9H2,1-5H3. The van der Waals surface area contributed by atoms with Crippen LogP contribution in [0.2, 0.25) is 5.02 Å². The lowest BCUT2D eigenvalue weighted by Crippen LogP contribution is -2.25. The molecule has 0 aliphatic carbocycles. The lowest BCUT2D eigenvalue weighted by molar-refractivity contribution is 0.0880. The highest BCUT2D eigenvalue weighted by molar-refractivity contribution is 6.31. The number of benzene rings is 1. The Morgan fingerprint density at radius 3 is 2.52 bits per heavy atom. The third-order valence-electron chi connectivity index (χ3n) is 3.69. The predicted octanol–water partition coefficient (Wildman–Crippen LogP) is 3.42. The summed E-state index contributed by atoms with van der Waals surface area (Å²) < 4.78 is 7.54. The van der Waals surface area contributed by atoms with Crippen LogP contribution in [0.25, 0.3) is 0 Å². The lowest BCUT2D eigenvalue weighted by Gasteiger charge is -2.18. The van der Waals surface area contributed by atoms with Crippen LogP contribution in [0.3, 0.4) is 0 Å². The van der Waals surface area contributed by atoms with Crippen LogP contribution in [-0.2, 0) is 6.54 Å². The van der Waals surface area contributed by atoms with E-state index in [9.17, 15) is 5.11 Å². The Balaban J connectivity index is 2.05. The number of aliphatic hydroxyl groups excluding tert-OH is 1. The lowest BCUT2D eigenvalue weighted by atomic mass is 10.0. The number of hydrogen-bond donors (Lipinski definition) is 1. The minimum atomic E-state index is -0.661. The molecule has 1 aromatic carbocycles. The molecule has 0 fully saturated rings. The molecule has 0 saturated heterocycles. The molecule has 0 bridgehead atoms. The summed E-state index contributed by atoms with van der Waals surface area (Å²) in [6, 6.07) is 3.86. The molecular formula is C17H24ClN3O2. The van der Waals surface area contributed by atoms with E-state index in [0.717, 1.165) is 27.7 Å². The van der Waals surface area contributed by atoms with Crippen LogP contribution >= 0.6 is 11.6 Å². The Kier molecular flexibility index (Phi) is 5.65. The topological polar surface area (TPSA) is 60.2 Å². The molecular weight excluding hydrogens is 314 g/mol. The van der Waals surface area contributed by atoms with Crippen molar-refractivity contribution < 1.29 is 9.84 Å². The molecule has 0 spiro atoms. The fourth-order valence-corrected chi connectivity index (χ4v) is 2.59. The summed E-state index contributed by atoms with van der Waals surface area (Å²) in [6.45, 7) is 10.4. The van der Waals surface area contributed by atoms with E-state index < -0.39 is 6.10 Å². The zero-order valence-corrected chi connectivity index (χ0v) is 15.1. The van der Waals surface area contributed by atoms with Crippen molar-refractivity contribution >= 4 is 11.6 Å². The van der Waals surface area contributed by atoms with Gasteiger partial charge in [-0.3, -0.25) is 0 Å². The van der Waals surface area contributed by atoms with Crippen molar-refractivity contribution in [2.75, 3.05) is 6.61 Å². The van der Waals surface area contributed by atoms with Gasteiger partial charge < -0.3 is 9.84 Å². The van der Waals surface area contributed by atoms with Crippen LogP contribution in [0.5, 0.6) is 5.75 Å². The van der Waals surface area contributed by atoms with Crippen molar-refractivity contribution in [2.45, 2.75) is 53.2 Å². The summed E-state index contributed by atoms with van der Waals surface area (Å²) >= 11 is 6.20. The molecule has 0 aliphatic heterocycles. The van der Waals surface area contributed by atoms with Gasteiger partial charge in [-0.2, -0.15) is 5.10 Å². The second-order valence-electron chi connectivity index (χ2n) is 6.15. The van der Waals surface area contributed by atoms with Crippen LogP contribution in [0.15, 0.2) is 12.1 Å². The molecule has 0 radical (unpaired) electrons. The fourth-order valence-electron chi connectivity index (χ4n) is 2.42. The third kappa shape index (κ3) is 4.45. The largest absolute Gasteiger partial charge is 0.491 e. The second-order valence-corrected chi connectivity index (χ2v) is 6.55. The van der Waals surface area contributed by atoms with Gasteiger partial charge in [-0.1, -0.05) is 25.4 Å². The molecule has 5 nitrogen and oxygen atoms in total. The third-order valence-corrected chi connectivity index (χ3v) is 4.10. The Labute approximate surface area is 142 Å². The van der Waals surface area contributed by atoms with E-state index in [0.29, 0.717) is 18.3 Å². The maximum absolute atomic E-state index is 10.2. The van der Waals surface area contributed by atoms with Gasteiger partial charge >= 0.3 is 0 Å². The molecule has 1 heterocycles. The first-order valence-corrected chi connectivity index (χ1v) is 8.14. The Morgan fingerprint density at radius 2 is 1.96 bits per heavy atom. The van der Waals surface area contributed by atoms with Gasteiger partial charge in [0.2, 0.25) is 0 Å². The van der Waals surface area contributed by atoms with Gasteiger partial charge in [0.15, 0.2) is 0 Å². The van der Waals surface area contributed by atoms with E-state index in [4.69, 9.17) is 16.3 Å². The van der Waals surface area contributed by atoms with Crippen molar-refractivity contribution in [1.29, 1.82) is 0 Å². The predicted molar refractivity (Wildman–Crippen MR) is 91.3 cm³/mol. The number of aromatic nitrogens is 3. The Hall–Kier alpha value is -1.59. The van der Waals surface area contributed by atoms with Gasteiger partial charge in [0.25, 0.3) is 0 Å². The highest BCUT2D eigenvalue weighted by Gasteiger charge is 2.14. The number of ether oxygens (including phenoxy) is 1. The summed E-state index contributed by atoms with van der Waals surface area (Å²) in [5.74, 6) is 2.55. The molecule has 1 N–H and O–H groups in total. The average Bonchev–Trinajstić information content (AvgIpc) is 2.77. The maximum atomic E-state index is 10.2. The molecule has 6 heteroatoms. The quantitative estimate of drug-likeness (QED) is 0.877. The molecule has 1 aromatic heterocycles. The summed E-state index contributed by atoms with van der Waals surface area (Å²) in [7, 11) is 0. The molecule has 0 saturated carbocycles. The average molecular weight is 338 g/mol. The van der Waals surface area contributed by atoms with Crippen LogP contribution in [0, 0.1) is 20.8 Å². The highest BCUT2D eigenvalue weighted by Crippen LogP contribution is 2.32. The normalized spacial score (nSPS) is 12.7. The molecule has 126 valence electrons. The molecule has 1 atom stereocenters. The van der Waals surface area contributed by atoms with Crippen molar-refractivity contribution in [1.82, 2.24) is 14.8 Å². The van der Waals surface area contributed by atoms with Gasteiger partial charge in [-0.25, -0.2) is 9.67 Å². The molecule has 1 unspecified atom stereocenters. The number of rotatable bonds is 6. The van der Waals surface area contributed by atoms with Crippen LogP contribution in [-0.4, -0.2) is 32.6 Å². The van der Waals surface area contributed by atoms with E-state index in [2.05, 4.69) is 23.9 Å². The van der Waals surface area contributed by atoms with Crippen molar-refractivity contribution in [2.24, 2.45) is 0 Å². The van der Waals surface area contributed by atoms with E-state index in [1.165, 1.54) is 0 Å². The number of nitrogens with zero attached hydrogens (tertiary/aromatic N) is 3. The van der Waals surface area contributed by atoms with Gasteiger partial charge in [0.1, 0.15) is 30.1 Å². The minimum Gasteiger partial charge on any atom is -0.491 e. The van der Waals surface area contributed by atoms with Gasteiger partial charge in [-0.15, -0.1) is 0 Å². The number of aliphatic hydroxyl groups is 1. The van der Waals surface area contributed by atoms with Crippen LogP contribution < -0.4 is 4.74 Å². The van der Waals surface area contributed by atoms with Crippen molar-refractivity contribution in [3.63, 3.8) is 0 Å². The molecule has 2 aromatic rings. The maximum Gasteiger partial charge on any atom is 0.147 e. The molecule has 0 aliphatic rings. The SMILES string of the molecule is Cc1nc(C)n(CC(O)COc2cc(C)c(Cl)cc2C(C)C)n1. The van der Waals surface area contributed by atoms with E-state index in [1.54, 1.807) is 4.68 Å². The monoisotopic (exact) mass is 337 g/mol. The first-order chi connectivity index (χ1) is 10.8. The Bertz CT molecular complexity index is 683. The fraction of sp³-hybridized carbons (Fsp3) is 0.529. The summed E-state index contributed by atoms with van der Waals surface area (Å²) in [5, 5.41) is 15.2. The van der Waals surface area contributed by atoms with E-state index in [1.807, 2.05) is 32.9 Å². The molecule has 23 heavy (non-hydrogen) atoms. The van der Waals surface area contributed by atoms with E-state index in [-0.39, 0.29) is 6.61 Å². The van der Waals surface area contributed by atoms with Gasteiger partial charge in [0.05, 0.1) is 6.54 Å². The Morgan fingerprint density at radius 1 is 1.26 bits per heavy atom. The molecule has 0 amide bonds. The van der Waals surface area contributed by atoms with E-state index >= 15 is 0 Å². The van der Waals surface area contributed by atoms with Crippen LogP contribution in [0.1, 0.15) is 42.5 Å². The first-order valence-electron chi connectivity index (χ1n) is 7.77. The van der Waals surface area contributed by atoms with Crippen LogP contribution in [0.4, 0.5) is 0 Å². The molecule has 2 rings (SSSR count). The first kappa shape index (κ1) is 17.8. The van der Waals surface area contributed by atoms with Gasteiger partial charge in [-0.05, 0) is 49.9 Å². The number of aryl methyl sites for hydroxylation is 3. The second kappa shape index (κ2) is 7.32. The zero-order valence-electron chi connectivity index (χ0n) is 14.3. The zero-order chi connectivity index (χ0) is 17.1. The summed E-state index contributed by atoms with van der Waals surface area (Å²) in [6.07, 6.45) is -0.661. The van der Waals surface area contributed by atoms with Crippen molar-refractivity contribution in [3.05, 3.63) is 39.9 Å².